The number of aromatic amines is 1. The van der Waals surface area contributed by atoms with Gasteiger partial charge in [-0.05, 0) is 0 Å². The van der Waals surface area contributed by atoms with Crippen LogP contribution in [0.3, 0.4) is 0 Å². The molecule has 0 saturated carbocycles. The fourth-order valence-electron chi connectivity index (χ4n) is 0.593. The van der Waals surface area contributed by atoms with E-state index in [1.807, 2.05) is 0 Å². The topological polar surface area (TPSA) is 42.1 Å². The van der Waals surface area contributed by atoms with Gasteiger partial charge in [0.15, 0.2) is 11.7 Å². The molecule has 10 heavy (non-hydrogen) atoms. The van der Waals surface area contributed by atoms with Crippen molar-refractivity contribution in [3.63, 3.8) is 0 Å². The quantitative estimate of drug-likeness (QED) is 0.582. The summed E-state index contributed by atoms with van der Waals surface area (Å²) in [6.45, 7) is 0. The lowest BCUT2D eigenvalue weighted by molar-refractivity contribution is 0.406. The number of pyridine rings is 1. The Balaban J connectivity index is 3.20. The molecule has 0 spiro atoms. The molecule has 0 aliphatic carbocycles. The standard InChI is InChI=1S/C6H6FNO2/c1-10-5-3-8-6(7)2-4(5)9/h2-3H,1H3,(H,8,9). The van der Waals surface area contributed by atoms with E-state index in [1.54, 1.807) is 0 Å². The number of hydrogen-bond donors (Lipinski definition) is 1. The molecule has 0 aromatic carbocycles. The van der Waals surface area contributed by atoms with Crippen molar-refractivity contribution in [3.05, 3.63) is 28.4 Å². The van der Waals surface area contributed by atoms with Gasteiger partial charge in [-0.15, -0.1) is 0 Å². The molecular weight excluding hydrogens is 137 g/mol. The van der Waals surface area contributed by atoms with Crippen LogP contribution in [0.15, 0.2) is 17.1 Å². The summed E-state index contributed by atoms with van der Waals surface area (Å²) in [7, 11) is 1.35. The highest BCUT2D eigenvalue weighted by molar-refractivity contribution is 5.16. The molecule has 4 heteroatoms. The molecule has 1 aromatic heterocycles. The Morgan fingerprint density at radius 3 is 2.90 bits per heavy atom. The van der Waals surface area contributed by atoms with Crippen molar-refractivity contribution < 1.29 is 9.13 Å². The van der Waals surface area contributed by atoms with E-state index < -0.39 is 11.4 Å². The van der Waals surface area contributed by atoms with E-state index in [2.05, 4.69) is 9.72 Å². The van der Waals surface area contributed by atoms with E-state index in [4.69, 9.17) is 0 Å². The van der Waals surface area contributed by atoms with Gasteiger partial charge in [0.2, 0.25) is 5.43 Å². The van der Waals surface area contributed by atoms with E-state index >= 15 is 0 Å². The number of ether oxygens (including phenoxy) is 1. The minimum atomic E-state index is -0.661. The third kappa shape index (κ3) is 1.15. The Morgan fingerprint density at radius 2 is 2.40 bits per heavy atom. The normalized spacial score (nSPS) is 9.40. The van der Waals surface area contributed by atoms with Gasteiger partial charge < -0.3 is 9.72 Å². The Hall–Kier alpha value is -1.32. The molecule has 0 aliphatic rings. The van der Waals surface area contributed by atoms with Crippen LogP contribution in [0.5, 0.6) is 5.75 Å². The van der Waals surface area contributed by atoms with Gasteiger partial charge in [-0.1, -0.05) is 0 Å². The van der Waals surface area contributed by atoms with E-state index in [0.717, 1.165) is 6.07 Å². The number of aromatic nitrogens is 1. The molecule has 0 amide bonds. The minimum absolute atomic E-state index is 0.112. The van der Waals surface area contributed by atoms with Gasteiger partial charge in [-0.2, -0.15) is 4.39 Å². The summed E-state index contributed by atoms with van der Waals surface area (Å²) < 4.78 is 16.8. The van der Waals surface area contributed by atoms with Crippen LogP contribution in [0, 0.1) is 5.95 Å². The van der Waals surface area contributed by atoms with Gasteiger partial charge in [-0.3, -0.25) is 4.79 Å². The molecule has 3 nitrogen and oxygen atoms in total. The van der Waals surface area contributed by atoms with Crippen LogP contribution >= 0.6 is 0 Å². The second kappa shape index (κ2) is 2.51. The number of nitrogens with one attached hydrogen (secondary N) is 1. The lowest BCUT2D eigenvalue weighted by atomic mass is 10.4. The number of H-pyrrole nitrogens is 1. The van der Waals surface area contributed by atoms with E-state index in [1.165, 1.54) is 13.3 Å². The van der Waals surface area contributed by atoms with Gasteiger partial charge in [0, 0.05) is 12.3 Å². The fourth-order valence-corrected chi connectivity index (χ4v) is 0.593. The van der Waals surface area contributed by atoms with Crippen LogP contribution in [0.25, 0.3) is 0 Å². The second-order valence-corrected chi connectivity index (χ2v) is 1.71. The van der Waals surface area contributed by atoms with Gasteiger partial charge in [0.05, 0.1) is 7.11 Å². The molecule has 1 aromatic rings. The highest BCUT2D eigenvalue weighted by Crippen LogP contribution is 1.98. The summed E-state index contributed by atoms with van der Waals surface area (Å²) in [5.41, 5.74) is -0.459. The summed E-state index contributed by atoms with van der Waals surface area (Å²) in [5.74, 6) is -0.549. The molecule has 0 bridgehead atoms. The van der Waals surface area contributed by atoms with Crippen molar-refractivity contribution in [2.24, 2.45) is 0 Å². The third-order valence-corrected chi connectivity index (χ3v) is 1.06. The molecule has 1 rings (SSSR count). The van der Waals surface area contributed by atoms with Crippen LogP contribution in [0.2, 0.25) is 0 Å². The lowest BCUT2D eigenvalue weighted by Crippen LogP contribution is -2.05. The zero-order valence-corrected chi connectivity index (χ0v) is 5.35. The Morgan fingerprint density at radius 1 is 1.70 bits per heavy atom. The average molecular weight is 143 g/mol. The van der Waals surface area contributed by atoms with Gasteiger partial charge in [-0.25, -0.2) is 0 Å². The number of methoxy groups -OCH3 is 1. The molecule has 1 N–H and O–H groups in total. The summed E-state index contributed by atoms with van der Waals surface area (Å²) in [4.78, 5) is 12.9. The van der Waals surface area contributed by atoms with Crippen molar-refractivity contribution in [1.82, 2.24) is 4.98 Å². The largest absolute Gasteiger partial charge is 0.491 e. The Labute approximate surface area is 56.5 Å². The summed E-state index contributed by atoms with van der Waals surface area (Å²) >= 11 is 0. The molecule has 0 saturated heterocycles. The smallest absolute Gasteiger partial charge is 0.226 e. The molecule has 0 aliphatic heterocycles. The van der Waals surface area contributed by atoms with E-state index in [0.29, 0.717) is 0 Å². The van der Waals surface area contributed by atoms with E-state index in [9.17, 15) is 9.18 Å². The van der Waals surface area contributed by atoms with Crippen LogP contribution in [0.1, 0.15) is 0 Å². The first-order valence-electron chi connectivity index (χ1n) is 2.66. The maximum absolute atomic E-state index is 12.2. The first-order valence-corrected chi connectivity index (χ1v) is 2.66. The first-order chi connectivity index (χ1) is 4.74. The predicted molar refractivity (Wildman–Crippen MR) is 33.6 cm³/mol. The maximum Gasteiger partial charge on any atom is 0.226 e. The summed E-state index contributed by atoms with van der Waals surface area (Å²) in [5, 5.41) is 0. The Bertz CT molecular complexity index is 281. The highest BCUT2D eigenvalue weighted by Gasteiger charge is 1.97. The van der Waals surface area contributed by atoms with Gasteiger partial charge >= 0.3 is 0 Å². The van der Waals surface area contributed by atoms with Crippen LogP contribution in [-0.2, 0) is 0 Å². The molecular formula is C6H6FNO2. The van der Waals surface area contributed by atoms with Gasteiger partial charge in [0.25, 0.3) is 0 Å². The monoisotopic (exact) mass is 143 g/mol. The van der Waals surface area contributed by atoms with Crippen molar-refractivity contribution >= 4 is 0 Å². The Kier molecular flexibility index (Phi) is 1.71. The van der Waals surface area contributed by atoms with Crippen molar-refractivity contribution in [2.75, 3.05) is 7.11 Å². The van der Waals surface area contributed by atoms with Crippen LogP contribution < -0.4 is 10.2 Å². The number of hydrogen-bond acceptors (Lipinski definition) is 2. The first kappa shape index (κ1) is 6.80. The predicted octanol–water partition coefficient (Wildman–Crippen LogP) is 0.523. The summed E-state index contributed by atoms with van der Waals surface area (Å²) in [6, 6.07) is 0.832. The van der Waals surface area contributed by atoms with Crippen molar-refractivity contribution in [2.45, 2.75) is 0 Å². The van der Waals surface area contributed by atoms with Gasteiger partial charge in [0.1, 0.15) is 0 Å². The molecule has 54 valence electrons. The number of halogens is 1. The van der Waals surface area contributed by atoms with Crippen molar-refractivity contribution in [1.29, 1.82) is 0 Å². The van der Waals surface area contributed by atoms with E-state index in [-0.39, 0.29) is 5.75 Å². The molecule has 0 radical (unpaired) electrons. The maximum atomic E-state index is 12.2. The minimum Gasteiger partial charge on any atom is -0.491 e. The third-order valence-electron chi connectivity index (χ3n) is 1.06. The molecule has 0 unspecified atom stereocenters. The summed E-state index contributed by atoms with van der Waals surface area (Å²) in [6.07, 6.45) is 1.18. The fraction of sp³-hybridized carbons (Fsp3) is 0.167. The zero-order valence-electron chi connectivity index (χ0n) is 5.35. The molecule has 1 heterocycles. The zero-order chi connectivity index (χ0) is 7.56. The van der Waals surface area contributed by atoms with Crippen molar-refractivity contribution in [3.8, 4) is 5.75 Å². The second-order valence-electron chi connectivity index (χ2n) is 1.71. The highest BCUT2D eigenvalue weighted by atomic mass is 19.1. The average Bonchev–Trinajstić information content (AvgIpc) is 1.88. The van der Waals surface area contributed by atoms with Crippen LogP contribution in [0.4, 0.5) is 4.39 Å². The SMILES string of the molecule is COc1c[nH]c(F)cc1=O. The molecule has 0 fully saturated rings. The van der Waals surface area contributed by atoms with Crippen LogP contribution in [-0.4, -0.2) is 12.1 Å². The molecule has 0 atom stereocenters. The lowest BCUT2D eigenvalue weighted by Gasteiger charge is -1.95. The number of rotatable bonds is 1.